The normalized spacial score (nSPS) is 15.6. The molecule has 0 bridgehead atoms. The van der Waals surface area contributed by atoms with Gasteiger partial charge in [0.2, 0.25) is 11.7 Å². The van der Waals surface area contributed by atoms with Crippen LogP contribution in [-0.4, -0.2) is 66.6 Å². The van der Waals surface area contributed by atoms with Crippen LogP contribution in [0.25, 0.3) is 0 Å². The largest absolute Gasteiger partial charge is 0.417 e. The Morgan fingerprint density at radius 3 is 2.60 bits per heavy atom. The summed E-state index contributed by atoms with van der Waals surface area (Å²) in [4.78, 5) is 42.9. The number of nitrogens with one attached hydrogen (secondary N) is 2. The molecular weight excluding hydrogens is 579 g/mol. The molecule has 2 N–H and O–H groups in total. The van der Waals surface area contributed by atoms with E-state index in [1.165, 1.54) is 24.7 Å². The van der Waals surface area contributed by atoms with E-state index in [9.17, 15) is 36.3 Å². The zero-order valence-electron chi connectivity index (χ0n) is 23.3. The minimum atomic E-state index is -4.58. The van der Waals surface area contributed by atoms with Gasteiger partial charge < -0.3 is 15.2 Å². The average Bonchev–Trinajstić information content (AvgIpc) is 3.46. The molecular formula is C27H31F5N8O3. The summed E-state index contributed by atoms with van der Waals surface area (Å²) >= 11 is 0. The van der Waals surface area contributed by atoms with E-state index in [0.717, 1.165) is 47.7 Å². The lowest BCUT2D eigenvalue weighted by Crippen LogP contribution is -2.44. The van der Waals surface area contributed by atoms with Crippen molar-refractivity contribution in [1.29, 1.82) is 0 Å². The molecule has 0 radical (unpaired) electrons. The third-order valence-corrected chi connectivity index (χ3v) is 7.10. The van der Waals surface area contributed by atoms with E-state index in [0.29, 0.717) is 6.20 Å². The van der Waals surface area contributed by atoms with Crippen LogP contribution in [0.15, 0.2) is 41.7 Å². The maximum atomic E-state index is 14.8. The third kappa shape index (κ3) is 8.43. The van der Waals surface area contributed by atoms with Crippen molar-refractivity contribution >= 4 is 17.5 Å². The zero-order chi connectivity index (χ0) is 31.1. The van der Waals surface area contributed by atoms with Gasteiger partial charge >= 0.3 is 6.18 Å². The maximum absolute atomic E-state index is 14.8. The minimum Gasteiger partial charge on any atom is -0.346 e. The number of nitrogens with zero attached hydrogens (tertiary/aromatic N) is 6. The van der Waals surface area contributed by atoms with Crippen molar-refractivity contribution < 1.29 is 31.5 Å². The molecule has 1 aliphatic heterocycles. The fraction of sp³-hybridized carbons (Fsp3) is 0.481. The lowest BCUT2D eigenvalue weighted by Gasteiger charge is -2.31. The topological polar surface area (TPSA) is 127 Å². The van der Waals surface area contributed by atoms with Crippen molar-refractivity contribution in [2.24, 2.45) is 0 Å². The summed E-state index contributed by atoms with van der Waals surface area (Å²) < 4.78 is 70.0. The molecule has 3 aromatic heterocycles. The number of halogens is 5. The Labute approximate surface area is 243 Å². The zero-order valence-corrected chi connectivity index (χ0v) is 23.3. The number of likely N-dealkylation sites (tertiary alicyclic amines) is 1. The summed E-state index contributed by atoms with van der Waals surface area (Å²) in [7, 11) is 0. The predicted molar refractivity (Wildman–Crippen MR) is 144 cm³/mol. The van der Waals surface area contributed by atoms with Crippen molar-refractivity contribution in [3.05, 3.63) is 69.9 Å². The second kappa shape index (κ2) is 13.8. The molecule has 1 fully saturated rings. The Hall–Kier alpha value is -4.21. The van der Waals surface area contributed by atoms with Gasteiger partial charge in [-0.15, -0.1) is 5.10 Å². The second-order valence-electron chi connectivity index (χ2n) is 10.3. The van der Waals surface area contributed by atoms with E-state index < -0.39 is 47.1 Å². The number of carbonyl (C=O) groups is 2. The number of rotatable bonds is 11. The Morgan fingerprint density at radius 1 is 1.14 bits per heavy atom. The van der Waals surface area contributed by atoms with Gasteiger partial charge in [-0.25, -0.2) is 9.07 Å². The highest BCUT2D eigenvalue weighted by molar-refractivity contribution is 5.94. The second-order valence-corrected chi connectivity index (χ2v) is 10.3. The fourth-order valence-electron chi connectivity index (χ4n) is 4.61. The van der Waals surface area contributed by atoms with Crippen molar-refractivity contribution in [3.8, 4) is 0 Å². The van der Waals surface area contributed by atoms with Crippen LogP contribution in [0.3, 0.4) is 0 Å². The fourth-order valence-corrected chi connectivity index (χ4v) is 4.61. The van der Waals surface area contributed by atoms with Gasteiger partial charge in [0, 0.05) is 31.7 Å². The monoisotopic (exact) mass is 610 g/mol. The number of carbonyl (C=O) groups excluding carboxylic acids is 2. The van der Waals surface area contributed by atoms with Crippen LogP contribution in [-0.2, 0) is 30.6 Å². The van der Waals surface area contributed by atoms with E-state index in [4.69, 9.17) is 0 Å². The Balaban J connectivity index is 1.26. The molecule has 2 unspecified atom stereocenters. The highest BCUT2D eigenvalue weighted by atomic mass is 19.4. The van der Waals surface area contributed by atoms with E-state index in [1.807, 2.05) is 4.90 Å². The molecule has 0 spiro atoms. The van der Waals surface area contributed by atoms with Crippen LogP contribution in [0.2, 0.25) is 0 Å². The molecule has 232 valence electrons. The summed E-state index contributed by atoms with van der Waals surface area (Å²) in [6.07, 6.45) is 1.04. The quantitative estimate of drug-likeness (QED) is 0.320. The number of alkyl halides is 4. The SMILES string of the molecule is CC(C(=O)Nc1ccn(CCC(F)Cn2cc(C(=O)NCc3cncc(C(F)(F)F)c3)nn2)c(=O)c1F)N1CCCCC1. The number of piperidine rings is 1. The molecule has 3 aromatic rings. The van der Waals surface area contributed by atoms with Crippen LogP contribution in [0.5, 0.6) is 0 Å². The first-order chi connectivity index (χ1) is 20.4. The molecule has 0 saturated carbocycles. The van der Waals surface area contributed by atoms with Crippen molar-refractivity contribution in [2.45, 2.75) is 70.6 Å². The molecule has 2 atom stereocenters. The van der Waals surface area contributed by atoms with Crippen molar-refractivity contribution in [2.75, 3.05) is 18.4 Å². The smallest absolute Gasteiger partial charge is 0.346 e. The van der Waals surface area contributed by atoms with E-state index in [-0.39, 0.29) is 43.0 Å². The minimum absolute atomic E-state index is 0.119. The highest BCUT2D eigenvalue weighted by Gasteiger charge is 2.31. The molecule has 16 heteroatoms. The predicted octanol–water partition coefficient (Wildman–Crippen LogP) is 3.16. The van der Waals surface area contributed by atoms with Crippen LogP contribution in [0.4, 0.5) is 27.6 Å². The number of amides is 2. The number of anilines is 1. The number of aryl methyl sites for hydroxylation is 1. The first kappa shape index (κ1) is 31.7. The first-order valence-corrected chi connectivity index (χ1v) is 13.7. The van der Waals surface area contributed by atoms with Gasteiger partial charge in [0.05, 0.1) is 30.0 Å². The summed E-state index contributed by atoms with van der Waals surface area (Å²) in [6, 6.07) is 1.63. The first-order valence-electron chi connectivity index (χ1n) is 13.7. The summed E-state index contributed by atoms with van der Waals surface area (Å²) in [5.41, 5.74) is -2.27. The lowest BCUT2D eigenvalue weighted by atomic mass is 10.1. The van der Waals surface area contributed by atoms with Gasteiger partial charge in [-0.2, -0.15) is 17.6 Å². The van der Waals surface area contributed by atoms with Crippen LogP contribution >= 0.6 is 0 Å². The van der Waals surface area contributed by atoms with Gasteiger partial charge in [0.25, 0.3) is 11.5 Å². The molecule has 1 aliphatic rings. The average molecular weight is 611 g/mol. The third-order valence-electron chi connectivity index (χ3n) is 7.10. The number of aromatic nitrogens is 5. The molecule has 2 amide bonds. The molecule has 0 aromatic carbocycles. The van der Waals surface area contributed by atoms with Gasteiger partial charge in [-0.05, 0) is 57.0 Å². The molecule has 11 nitrogen and oxygen atoms in total. The lowest BCUT2D eigenvalue weighted by molar-refractivity contribution is -0.137. The van der Waals surface area contributed by atoms with Crippen LogP contribution in [0, 0.1) is 5.82 Å². The summed E-state index contributed by atoms with van der Waals surface area (Å²) in [5.74, 6) is -2.31. The van der Waals surface area contributed by atoms with E-state index in [2.05, 4.69) is 25.9 Å². The van der Waals surface area contributed by atoms with Gasteiger partial charge in [-0.1, -0.05) is 11.6 Å². The molecule has 43 heavy (non-hydrogen) atoms. The van der Waals surface area contributed by atoms with Gasteiger partial charge in [0.15, 0.2) is 5.69 Å². The Morgan fingerprint density at radius 2 is 1.88 bits per heavy atom. The number of hydrogen-bond donors (Lipinski definition) is 2. The van der Waals surface area contributed by atoms with Crippen molar-refractivity contribution in [3.63, 3.8) is 0 Å². The Bertz CT molecular complexity index is 1490. The van der Waals surface area contributed by atoms with Crippen molar-refractivity contribution in [1.82, 2.24) is 34.8 Å². The van der Waals surface area contributed by atoms with E-state index in [1.54, 1.807) is 6.92 Å². The molecule has 1 saturated heterocycles. The Kier molecular flexibility index (Phi) is 10.2. The number of hydrogen-bond acceptors (Lipinski definition) is 7. The number of pyridine rings is 2. The highest BCUT2D eigenvalue weighted by Crippen LogP contribution is 2.28. The van der Waals surface area contributed by atoms with E-state index >= 15 is 0 Å². The standard InChI is InChI=1S/C27H31F5N8O3/c1-17(38-7-3-2-4-8-38)24(41)35-21-6-10-39(26(43)23(21)29)9-5-20(28)15-40-16-22(36-37-40)25(42)34-13-18-11-19(14-33-12-18)27(30,31)32/h6,10-12,14,16-17,20H,2-5,7-9,13,15H2,1H3,(H,34,42)(H,35,41). The summed E-state index contributed by atoms with van der Waals surface area (Å²) in [5, 5.41) is 12.2. The molecule has 4 rings (SSSR count). The summed E-state index contributed by atoms with van der Waals surface area (Å²) in [6.45, 7) is 2.53. The molecule has 4 heterocycles. The van der Waals surface area contributed by atoms with Crippen LogP contribution in [0.1, 0.15) is 54.2 Å². The van der Waals surface area contributed by atoms with Crippen LogP contribution < -0.4 is 16.2 Å². The maximum Gasteiger partial charge on any atom is 0.417 e. The van der Waals surface area contributed by atoms with Gasteiger partial charge in [0.1, 0.15) is 6.17 Å². The van der Waals surface area contributed by atoms with Gasteiger partial charge in [-0.3, -0.25) is 24.3 Å². The molecule has 0 aliphatic carbocycles.